The minimum absolute atomic E-state index is 0.0226. The van der Waals surface area contributed by atoms with Crippen LogP contribution in [0.25, 0.3) is 10.9 Å². The molecule has 13 heteroatoms. The summed E-state index contributed by atoms with van der Waals surface area (Å²) in [5.74, 6) is -3.12. The molecule has 3 aliphatic rings. The highest BCUT2D eigenvalue weighted by atomic mass is 19.1. The zero-order chi connectivity index (χ0) is 31.9. The number of nitrogens with zero attached hydrogens (tertiary/aromatic N) is 3. The summed E-state index contributed by atoms with van der Waals surface area (Å²) in [6.45, 7) is 5.63. The van der Waals surface area contributed by atoms with E-state index in [0.717, 1.165) is 18.9 Å². The van der Waals surface area contributed by atoms with Crippen molar-refractivity contribution in [3.05, 3.63) is 45.3 Å². The lowest BCUT2D eigenvalue weighted by molar-refractivity contribution is -0.125. The fourth-order valence-corrected chi connectivity index (χ4v) is 5.99. The number of aromatic carboxylic acids is 1. The Kier molecular flexibility index (Phi) is 8.59. The van der Waals surface area contributed by atoms with Crippen LogP contribution in [0.1, 0.15) is 75.7 Å². The number of anilines is 1. The fraction of sp³-hybridized carbons (Fsp3) is 0.548. The van der Waals surface area contributed by atoms with E-state index >= 15 is 8.78 Å². The number of fused-ring (bicyclic) bond motifs is 1. The molecule has 2 aliphatic heterocycles. The summed E-state index contributed by atoms with van der Waals surface area (Å²) in [6, 6.07) is 0.229. The molecule has 0 spiro atoms. The number of ether oxygens (including phenoxy) is 2. The van der Waals surface area contributed by atoms with Gasteiger partial charge in [-0.05, 0) is 70.9 Å². The van der Waals surface area contributed by atoms with Crippen LogP contribution < -0.4 is 20.4 Å². The van der Waals surface area contributed by atoms with E-state index in [-0.39, 0.29) is 36.0 Å². The Morgan fingerprint density at radius 2 is 1.86 bits per heavy atom. The Morgan fingerprint density at radius 1 is 1.14 bits per heavy atom. The first-order valence-electron chi connectivity index (χ1n) is 14.9. The van der Waals surface area contributed by atoms with Gasteiger partial charge in [-0.25, -0.2) is 18.4 Å². The van der Waals surface area contributed by atoms with Crippen molar-refractivity contribution in [3.8, 4) is 5.75 Å². The van der Waals surface area contributed by atoms with Crippen LogP contribution in [-0.4, -0.2) is 77.5 Å². The standard InChI is InChI=1S/C31H38F2N4O7/c1-31(2,3)44-30(42)36-12-6-8-23(36)28(39)34-14-22(33)17-7-5-11-35(15-17)25-21(32)13-19-24(27(25)43-4)37(18-9-10-18)16-20(26(19)38)29(40)41/h13,16,18,23H,5-12,14-15H2,1-4H3,(H,34,39)(H,40,41)/b22-17+/t23-/m0/s1. The first-order valence-corrected chi connectivity index (χ1v) is 14.9. The molecule has 1 atom stereocenters. The van der Waals surface area contributed by atoms with Gasteiger partial charge in [0.1, 0.15) is 28.7 Å². The number of likely N-dealkylation sites (tertiary alicyclic amines) is 1. The van der Waals surface area contributed by atoms with Crippen molar-refractivity contribution in [3.63, 3.8) is 0 Å². The number of hydrogen-bond donors (Lipinski definition) is 2. The SMILES string of the molecule is COc1c(N2CCC/C(=C(\F)CNC(=O)[C@@H]3CCCN3C(=O)OC(C)(C)C)C2)c(F)cc2c(=O)c(C(=O)O)cn(C3CC3)c12. The molecule has 0 bridgehead atoms. The highest BCUT2D eigenvalue weighted by Crippen LogP contribution is 2.44. The molecule has 3 heterocycles. The van der Waals surface area contributed by atoms with Crippen molar-refractivity contribution < 1.29 is 37.7 Å². The lowest BCUT2D eigenvalue weighted by atomic mass is 10.0. The molecule has 3 fully saturated rings. The van der Waals surface area contributed by atoms with Crippen molar-refractivity contribution in [2.24, 2.45) is 0 Å². The number of nitrogens with one attached hydrogen (secondary N) is 1. The molecule has 1 aliphatic carbocycles. The fourth-order valence-electron chi connectivity index (χ4n) is 5.99. The van der Waals surface area contributed by atoms with E-state index < -0.39 is 52.2 Å². The van der Waals surface area contributed by atoms with Gasteiger partial charge in [0.15, 0.2) is 11.6 Å². The molecule has 2 aromatic rings. The minimum atomic E-state index is -1.39. The van der Waals surface area contributed by atoms with Gasteiger partial charge in [0, 0.05) is 31.9 Å². The Labute approximate surface area is 253 Å². The molecule has 5 rings (SSSR count). The van der Waals surface area contributed by atoms with E-state index in [9.17, 15) is 24.3 Å². The number of halogens is 2. The molecule has 11 nitrogen and oxygen atoms in total. The van der Waals surface area contributed by atoms with Crippen molar-refractivity contribution in [1.29, 1.82) is 0 Å². The van der Waals surface area contributed by atoms with Gasteiger partial charge in [-0.15, -0.1) is 0 Å². The predicted molar refractivity (Wildman–Crippen MR) is 159 cm³/mol. The summed E-state index contributed by atoms with van der Waals surface area (Å²) in [7, 11) is 1.35. The number of methoxy groups -OCH3 is 1. The Balaban J connectivity index is 1.38. The molecule has 238 valence electrons. The van der Waals surface area contributed by atoms with E-state index in [1.54, 1.807) is 30.2 Å². The summed E-state index contributed by atoms with van der Waals surface area (Å²) in [6.07, 6.45) is 4.21. The molecule has 1 aromatic heterocycles. The number of rotatable bonds is 7. The van der Waals surface area contributed by atoms with Crippen LogP contribution >= 0.6 is 0 Å². The molecule has 0 unspecified atom stereocenters. The van der Waals surface area contributed by atoms with Crippen LogP contribution in [-0.2, 0) is 9.53 Å². The number of aromatic nitrogens is 1. The maximum absolute atomic E-state index is 15.7. The van der Waals surface area contributed by atoms with Crippen molar-refractivity contribution in [1.82, 2.24) is 14.8 Å². The second kappa shape index (κ2) is 12.1. The number of hydrogen-bond acceptors (Lipinski definition) is 7. The molecule has 2 amide bonds. The zero-order valence-corrected chi connectivity index (χ0v) is 25.4. The third-order valence-electron chi connectivity index (χ3n) is 8.16. The normalized spacial score (nSPS) is 20.1. The largest absolute Gasteiger partial charge is 0.492 e. The molecule has 1 saturated carbocycles. The molecule has 2 saturated heterocycles. The summed E-state index contributed by atoms with van der Waals surface area (Å²) in [4.78, 5) is 53.3. The number of carbonyl (C=O) groups excluding carboxylic acids is 2. The second-order valence-electron chi connectivity index (χ2n) is 12.5. The zero-order valence-electron chi connectivity index (χ0n) is 25.4. The predicted octanol–water partition coefficient (Wildman–Crippen LogP) is 4.52. The van der Waals surface area contributed by atoms with E-state index in [1.807, 2.05) is 0 Å². The van der Waals surface area contributed by atoms with Crippen LogP contribution in [0.15, 0.2) is 28.5 Å². The van der Waals surface area contributed by atoms with Crippen molar-refractivity contribution >= 4 is 34.6 Å². The van der Waals surface area contributed by atoms with Crippen molar-refractivity contribution in [2.45, 2.75) is 77.0 Å². The average molecular weight is 617 g/mol. The average Bonchev–Trinajstić information content (AvgIpc) is 3.69. The molecule has 0 radical (unpaired) electrons. The summed E-state index contributed by atoms with van der Waals surface area (Å²) in [5, 5.41) is 12.1. The molecule has 1 aromatic carbocycles. The number of pyridine rings is 1. The minimum Gasteiger partial charge on any atom is -0.492 e. The maximum atomic E-state index is 15.7. The topological polar surface area (TPSA) is 130 Å². The number of carboxylic acids is 1. The maximum Gasteiger partial charge on any atom is 0.410 e. The van der Waals surface area contributed by atoms with Gasteiger partial charge < -0.3 is 29.4 Å². The second-order valence-corrected chi connectivity index (χ2v) is 12.5. The lowest BCUT2D eigenvalue weighted by Gasteiger charge is -2.33. The summed E-state index contributed by atoms with van der Waals surface area (Å²) < 4.78 is 44.0. The Bertz CT molecular complexity index is 1590. The van der Waals surface area contributed by atoms with Crippen molar-refractivity contribution in [2.75, 3.05) is 38.2 Å². The van der Waals surface area contributed by atoms with Gasteiger partial charge in [-0.2, -0.15) is 0 Å². The van der Waals surface area contributed by atoms with Gasteiger partial charge in [-0.3, -0.25) is 14.5 Å². The summed E-state index contributed by atoms with van der Waals surface area (Å²) >= 11 is 0. The van der Waals surface area contributed by atoms with Crippen LogP contribution in [0.4, 0.5) is 19.3 Å². The molecule has 44 heavy (non-hydrogen) atoms. The first kappa shape index (κ1) is 31.3. The first-order chi connectivity index (χ1) is 20.8. The van der Waals surface area contributed by atoms with Gasteiger partial charge in [0.2, 0.25) is 11.3 Å². The number of piperidine rings is 1. The van der Waals surface area contributed by atoms with Crippen LogP contribution in [0, 0.1) is 5.82 Å². The van der Waals surface area contributed by atoms with Gasteiger partial charge in [0.25, 0.3) is 0 Å². The monoisotopic (exact) mass is 616 g/mol. The van der Waals surface area contributed by atoms with Gasteiger partial charge >= 0.3 is 12.1 Å². The smallest absolute Gasteiger partial charge is 0.410 e. The Morgan fingerprint density at radius 3 is 2.50 bits per heavy atom. The summed E-state index contributed by atoms with van der Waals surface area (Å²) in [5.41, 5.74) is -1.22. The van der Waals surface area contributed by atoms with Gasteiger partial charge in [-0.1, -0.05) is 0 Å². The van der Waals surface area contributed by atoms with Crippen LogP contribution in [0.5, 0.6) is 5.75 Å². The number of benzene rings is 1. The third-order valence-corrected chi connectivity index (χ3v) is 8.16. The Hall–Kier alpha value is -4.16. The molecular weight excluding hydrogens is 578 g/mol. The van der Waals surface area contributed by atoms with E-state index in [4.69, 9.17) is 9.47 Å². The van der Waals surface area contributed by atoms with Gasteiger partial charge in [0.05, 0.1) is 24.6 Å². The number of carbonyl (C=O) groups is 3. The van der Waals surface area contributed by atoms with Crippen LogP contribution in [0.3, 0.4) is 0 Å². The molecule has 2 N–H and O–H groups in total. The molecular formula is C31H38F2N4O7. The third kappa shape index (κ3) is 6.22. The number of amides is 2. The quantitative estimate of drug-likeness (QED) is 0.465. The van der Waals surface area contributed by atoms with Crippen LogP contribution in [0.2, 0.25) is 0 Å². The highest BCUT2D eigenvalue weighted by Gasteiger charge is 2.37. The number of carboxylic acid groups (broad SMARTS) is 1. The lowest BCUT2D eigenvalue weighted by Crippen LogP contribution is -2.47. The van der Waals surface area contributed by atoms with E-state index in [0.29, 0.717) is 49.9 Å². The van der Waals surface area contributed by atoms with E-state index in [1.165, 1.54) is 18.2 Å². The van der Waals surface area contributed by atoms with E-state index in [2.05, 4.69) is 5.32 Å². The highest BCUT2D eigenvalue weighted by molar-refractivity contribution is 5.97.